The first-order valence-corrected chi connectivity index (χ1v) is 29.9. The van der Waals surface area contributed by atoms with Gasteiger partial charge in [0.1, 0.15) is 24.4 Å². The predicted octanol–water partition coefficient (Wildman–Crippen LogP) is 14.9. The van der Waals surface area contributed by atoms with Crippen LogP contribution < -0.4 is 5.32 Å². The molecule has 0 aromatic carbocycles. The summed E-state index contributed by atoms with van der Waals surface area (Å²) in [4.78, 5) is 13.0. The van der Waals surface area contributed by atoms with E-state index in [1.54, 1.807) is 6.08 Å². The Morgan fingerprint density at radius 3 is 1.20 bits per heavy atom. The fourth-order valence-corrected chi connectivity index (χ4v) is 9.36. The van der Waals surface area contributed by atoms with E-state index in [1.807, 2.05) is 6.08 Å². The Labute approximate surface area is 431 Å². The van der Waals surface area contributed by atoms with E-state index in [-0.39, 0.29) is 12.5 Å². The summed E-state index contributed by atoms with van der Waals surface area (Å²) in [5, 5.41) is 54.4. The zero-order valence-electron chi connectivity index (χ0n) is 45.5. The molecule has 1 rings (SSSR count). The van der Waals surface area contributed by atoms with Crippen LogP contribution in [0.5, 0.6) is 0 Å². The fourth-order valence-electron chi connectivity index (χ4n) is 9.36. The van der Waals surface area contributed by atoms with Gasteiger partial charge in [0.2, 0.25) is 5.91 Å². The molecule has 0 aliphatic carbocycles. The highest BCUT2D eigenvalue weighted by Gasteiger charge is 2.44. The number of carbonyl (C=O) groups is 1. The van der Waals surface area contributed by atoms with Gasteiger partial charge in [-0.15, -0.1) is 0 Å². The minimum Gasteiger partial charge on any atom is -0.394 e. The summed E-state index contributed by atoms with van der Waals surface area (Å²) in [5.41, 5.74) is 0. The molecule has 70 heavy (non-hydrogen) atoms. The van der Waals surface area contributed by atoms with Crippen LogP contribution in [0, 0.1) is 0 Å². The van der Waals surface area contributed by atoms with Crippen LogP contribution >= 0.6 is 0 Å². The molecule has 7 atom stereocenters. The second-order valence-electron chi connectivity index (χ2n) is 20.8. The van der Waals surface area contributed by atoms with Crippen LogP contribution in [-0.4, -0.2) is 87.5 Å². The number of ether oxygens (including phenoxy) is 2. The molecule has 1 fully saturated rings. The van der Waals surface area contributed by atoms with E-state index in [0.717, 1.165) is 51.4 Å². The Balaban J connectivity index is 2.16. The van der Waals surface area contributed by atoms with Crippen LogP contribution in [0.2, 0.25) is 0 Å². The van der Waals surface area contributed by atoms with E-state index < -0.39 is 49.5 Å². The molecule has 7 unspecified atom stereocenters. The number of carbonyl (C=O) groups excluding carboxylic acids is 1. The summed E-state index contributed by atoms with van der Waals surface area (Å²) >= 11 is 0. The fraction of sp³-hybridized carbons (Fsp3) is 0.852. The Hall–Kier alpha value is -1.85. The molecular formula is C61H113NO8. The third-order valence-electron chi connectivity index (χ3n) is 14.1. The highest BCUT2D eigenvalue weighted by atomic mass is 16.7. The number of hydrogen-bond acceptors (Lipinski definition) is 8. The van der Waals surface area contributed by atoms with E-state index in [2.05, 4.69) is 55.6 Å². The normalized spacial score (nSPS) is 19.7. The van der Waals surface area contributed by atoms with E-state index >= 15 is 0 Å². The third-order valence-corrected chi connectivity index (χ3v) is 14.1. The van der Waals surface area contributed by atoms with Crippen molar-refractivity contribution in [3.8, 4) is 0 Å². The molecule has 9 heteroatoms. The molecular weight excluding hydrogens is 875 g/mol. The third kappa shape index (κ3) is 39.7. The first-order valence-electron chi connectivity index (χ1n) is 29.9. The van der Waals surface area contributed by atoms with Crippen LogP contribution in [0.15, 0.2) is 48.6 Å². The van der Waals surface area contributed by atoms with Gasteiger partial charge in [-0.05, 0) is 70.6 Å². The van der Waals surface area contributed by atoms with Gasteiger partial charge in [-0.3, -0.25) is 4.79 Å². The van der Waals surface area contributed by atoms with Crippen LogP contribution in [0.4, 0.5) is 0 Å². The van der Waals surface area contributed by atoms with Crippen molar-refractivity contribution in [1.82, 2.24) is 5.32 Å². The van der Waals surface area contributed by atoms with Gasteiger partial charge in [0.05, 0.1) is 25.4 Å². The number of aliphatic hydroxyl groups is 5. The predicted molar refractivity (Wildman–Crippen MR) is 295 cm³/mol. The zero-order valence-corrected chi connectivity index (χ0v) is 45.5. The van der Waals surface area contributed by atoms with E-state index in [0.29, 0.717) is 6.42 Å². The molecule has 6 N–H and O–H groups in total. The molecule has 0 radical (unpaired) electrons. The molecule has 410 valence electrons. The molecule has 0 saturated carbocycles. The summed E-state index contributed by atoms with van der Waals surface area (Å²) < 4.78 is 11.2. The summed E-state index contributed by atoms with van der Waals surface area (Å²) in [5.74, 6) is -0.188. The Morgan fingerprint density at radius 1 is 0.471 bits per heavy atom. The first kappa shape index (κ1) is 66.2. The van der Waals surface area contributed by atoms with Crippen LogP contribution in [0.25, 0.3) is 0 Å². The molecule has 1 heterocycles. The zero-order chi connectivity index (χ0) is 50.8. The Bertz CT molecular complexity index is 1240. The van der Waals surface area contributed by atoms with Crippen LogP contribution in [-0.2, 0) is 14.3 Å². The largest absolute Gasteiger partial charge is 0.394 e. The van der Waals surface area contributed by atoms with Crippen molar-refractivity contribution >= 4 is 5.91 Å². The average Bonchev–Trinajstić information content (AvgIpc) is 3.36. The molecule has 1 aliphatic heterocycles. The molecule has 9 nitrogen and oxygen atoms in total. The lowest BCUT2D eigenvalue weighted by atomic mass is 9.99. The SMILES string of the molecule is CCCCCCCC/C=C/CC/C=C/CC/C=C/C(O)C(COC1OC(CO)C(O)C(O)C1O)NC(=O)CCCCCCCCCCCCCCCCCCCCC/C=C\CCCCCCCCCC. The molecule has 1 aliphatic rings. The maximum absolute atomic E-state index is 13.0. The summed E-state index contributed by atoms with van der Waals surface area (Å²) in [7, 11) is 0. The minimum atomic E-state index is -1.57. The second-order valence-corrected chi connectivity index (χ2v) is 20.8. The number of amides is 1. The lowest BCUT2D eigenvalue weighted by Gasteiger charge is -2.40. The van der Waals surface area contributed by atoms with Crippen molar-refractivity contribution in [1.29, 1.82) is 0 Å². The van der Waals surface area contributed by atoms with Gasteiger partial charge in [-0.1, -0.05) is 249 Å². The number of nitrogens with one attached hydrogen (secondary N) is 1. The smallest absolute Gasteiger partial charge is 0.220 e. The maximum Gasteiger partial charge on any atom is 0.220 e. The van der Waals surface area contributed by atoms with E-state index in [4.69, 9.17) is 9.47 Å². The van der Waals surface area contributed by atoms with Crippen molar-refractivity contribution in [3.63, 3.8) is 0 Å². The standard InChI is InChI=1S/C61H113NO8/c1-3-5-7-9-11-13-15-17-19-21-22-23-24-25-26-27-28-29-30-31-32-33-34-35-37-39-41-43-45-47-49-51-57(65)62-54(53-69-61-60(68)59(67)58(66)56(52-63)70-61)55(64)50-48-46-44-42-40-38-36-20-18-16-14-12-10-8-6-4-2/h18,20-22,40,42,48,50,54-56,58-61,63-64,66-68H,3-17,19,23-39,41,43-47,49,51-53H2,1-2H3,(H,62,65)/b20-18+,22-21-,42-40+,50-48+. The Morgan fingerprint density at radius 2 is 0.814 bits per heavy atom. The van der Waals surface area contributed by atoms with E-state index in [9.17, 15) is 30.3 Å². The molecule has 0 spiro atoms. The molecule has 1 saturated heterocycles. The van der Waals surface area contributed by atoms with Crippen LogP contribution in [0.3, 0.4) is 0 Å². The highest BCUT2D eigenvalue weighted by Crippen LogP contribution is 2.23. The second kappa shape index (κ2) is 50.7. The van der Waals surface area contributed by atoms with Crippen molar-refractivity contribution in [2.75, 3.05) is 13.2 Å². The number of hydrogen-bond donors (Lipinski definition) is 6. The van der Waals surface area contributed by atoms with Gasteiger partial charge in [0, 0.05) is 6.42 Å². The molecule has 0 aromatic heterocycles. The quantitative estimate of drug-likeness (QED) is 0.0261. The number of allylic oxidation sites excluding steroid dienone is 7. The topological polar surface area (TPSA) is 149 Å². The number of aliphatic hydroxyl groups excluding tert-OH is 5. The summed E-state index contributed by atoms with van der Waals surface area (Å²) in [6, 6.07) is -0.827. The molecule has 0 aromatic rings. The maximum atomic E-state index is 13.0. The van der Waals surface area contributed by atoms with Crippen LogP contribution in [0.1, 0.15) is 277 Å². The lowest BCUT2D eigenvalue weighted by Crippen LogP contribution is -2.60. The average molecular weight is 989 g/mol. The van der Waals surface area contributed by atoms with Crippen molar-refractivity contribution < 1.29 is 39.8 Å². The molecule has 0 bridgehead atoms. The Kier molecular flexibility index (Phi) is 47.9. The van der Waals surface area contributed by atoms with Gasteiger partial charge >= 0.3 is 0 Å². The van der Waals surface area contributed by atoms with Gasteiger partial charge in [0.25, 0.3) is 0 Å². The number of rotatable bonds is 51. The van der Waals surface area contributed by atoms with Crippen molar-refractivity contribution in [2.24, 2.45) is 0 Å². The summed E-state index contributed by atoms with van der Waals surface area (Å²) in [6.45, 7) is 3.76. The van der Waals surface area contributed by atoms with Gasteiger partial charge in [-0.25, -0.2) is 0 Å². The summed E-state index contributed by atoms with van der Waals surface area (Å²) in [6.07, 6.45) is 60.5. The minimum absolute atomic E-state index is 0.188. The monoisotopic (exact) mass is 988 g/mol. The van der Waals surface area contributed by atoms with Gasteiger partial charge in [-0.2, -0.15) is 0 Å². The highest BCUT2D eigenvalue weighted by molar-refractivity contribution is 5.76. The van der Waals surface area contributed by atoms with E-state index in [1.165, 1.54) is 205 Å². The molecule has 1 amide bonds. The first-order chi connectivity index (χ1) is 34.3. The lowest BCUT2D eigenvalue weighted by molar-refractivity contribution is -0.302. The van der Waals surface area contributed by atoms with Crippen molar-refractivity contribution in [3.05, 3.63) is 48.6 Å². The van der Waals surface area contributed by atoms with Gasteiger partial charge < -0.3 is 40.3 Å². The number of unbranched alkanes of at least 4 members (excludes halogenated alkanes) is 35. The van der Waals surface area contributed by atoms with Crippen molar-refractivity contribution in [2.45, 2.75) is 320 Å². The van der Waals surface area contributed by atoms with Gasteiger partial charge in [0.15, 0.2) is 6.29 Å².